The molecule has 0 spiro atoms. The Bertz CT molecular complexity index is 447. The maximum absolute atomic E-state index is 11.9. The molecule has 1 aromatic carbocycles. The van der Waals surface area contributed by atoms with Crippen LogP contribution in [0.3, 0.4) is 0 Å². The summed E-state index contributed by atoms with van der Waals surface area (Å²) in [6, 6.07) is 3.72. The van der Waals surface area contributed by atoms with E-state index in [2.05, 4.69) is 4.74 Å². The minimum absolute atomic E-state index is 0.200. The maximum Gasteiger partial charge on any atom is 0.573 e. The molecule has 0 unspecified atom stereocenters. The number of rotatable bonds is 1. The van der Waals surface area contributed by atoms with Crippen LogP contribution in [-0.4, -0.2) is 15.4 Å². The second-order valence-electron chi connectivity index (χ2n) is 3.19. The minimum atomic E-state index is -4.71. The molecule has 0 radical (unpaired) electrons. The number of alkyl halides is 3. The van der Waals surface area contributed by atoms with E-state index in [9.17, 15) is 18.0 Å². The summed E-state index contributed by atoms with van der Waals surface area (Å²) in [6.07, 6.45) is -4.71. The van der Waals surface area contributed by atoms with Gasteiger partial charge in [0.15, 0.2) is 0 Å². The first-order chi connectivity index (χ1) is 7.37. The van der Waals surface area contributed by atoms with Gasteiger partial charge in [-0.3, -0.25) is 7.91 Å². The SMILES string of the molecule is O=C1c2ccc(OC(F)(F)F)cc2CN1I. The number of carbonyl (C=O) groups is 1. The summed E-state index contributed by atoms with van der Waals surface area (Å²) in [4.78, 5) is 11.4. The van der Waals surface area contributed by atoms with E-state index in [1.807, 2.05) is 22.9 Å². The molecule has 0 aromatic heterocycles. The third-order valence-corrected chi connectivity index (χ3v) is 2.85. The molecule has 16 heavy (non-hydrogen) atoms. The summed E-state index contributed by atoms with van der Waals surface area (Å²) in [5.74, 6) is -0.500. The number of halogens is 4. The monoisotopic (exact) mass is 343 g/mol. The van der Waals surface area contributed by atoms with Crippen molar-refractivity contribution < 1.29 is 22.7 Å². The van der Waals surface area contributed by atoms with Gasteiger partial charge in [0.2, 0.25) is 0 Å². The molecule has 0 saturated heterocycles. The third-order valence-electron chi connectivity index (χ3n) is 2.07. The van der Waals surface area contributed by atoms with Crippen LogP contribution >= 0.6 is 22.9 Å². The number of fused-ring (bicyclic) bond motifs is 1. The summed E-state index contributed by atoms with van der Waals surface area (Å²) in [5.41, 5.74) is 0.963. The van der Waals surface area contributed by atoms with Gasteiger partial charge in [-0.05, 0) is 23.8 Å². The Labute approximate surface area is 103 Å². The van der Waals surface area contributed by atoms with Gasteiger partial charge < -0.3 is 4.74 Å². The molecule has 0 saturated carbocycles. The summed E-state index contributed by atoms with van der Waals surface area (Å²) in [6.45, 7) is 0.295. The van der Waals surface area contributed by atoms with Crippen LogP contribution in [0.5, 0.6) is 5.75 Å². The molecule has 3 nitrogen and oxygen atoms in total. The lowest BCUT2D eigenvalue weighted by molar-refractivity contribution is -0.274. The number of amides is 1. The highest BCUT2D eigenvalue weighted by molar-refractivity contribution is 14.1. The van der Waals surface area contributed by atoms with Gasteiger partial charge >= 0.3 is 6.36 Å². The first-order valence-corrected chi connectivity index (χ1v) is 5.19. The van der Waals surface area contributed by atoms with E-state index in [0.717, 1.165) is 6.07 Å². The van der Waals surface area contributed by atoms with Crippen molar-refractivity contribution >= 4 is 28.8 Å². The topological polar surface area (TPSA) is 29.5 Å². The molecule has 0 bridgehead atoms. The van der Waals surface area contributed by atoms with Crippen molar-refractivity contribution in [2.45, 2.75) is 12.9 Å². The number of nitrogens with zero attached hydrogens (tertiary/aromatic N) is 1. The average Bonchev–Trinajstić information content (AvgIpc) is 2.40. The maximum atomic E-state index is 11.9. The molecule has 1 aliphatic heterocycles. The van der Waals surface area contributed by atoms with Crippen LogP contribution in [0.2, 0.25) is 0 Å². The van der Waals surface area contributed by atoms with E-state index < -0.39 is 6.36 Å². The van der Waals surface area contributed by atoms with Crippen molar-refractivity contribution in [1.82, 2.24) is 3.11 Å². The Morgan fingerprint density at radius 3 is 2.69 bits per heavy atom. The average molecular weight is 343 g/mol. The normalized spacial score (nSPS) is 15.2. The van der Waals surface area contributed by atoms with Crippen LogP contribution in [0.25, 0.3) is 0 Å². The molecular formula is C9H5F3INO2. The highest BCUT2D eigenvalue weighted by Crippen LogP contribution is 2.31. The zero-order valence-corrected chi connectivity index (χ0v) is 9.87. The largest absolute Gasteiger partial charge is 0.573 e. The number of carbonyl (C=O) groups excluding carboxylic acids is 1. The van der Waals surface area contributed by atoms with Crippen LogP contribution in [0.15, 0.2) is 18.2 Å². The van der Waals surface area contributed by atoms with Gasteiger partial charge in [0.25, 0.3) is 5.91 Å². The summed E-state index contributed by atoms with van der Waals surface area (Å²) >= 11 is 1.81. The van der Waals surface area contributed by atoms with Crippen LogP contribution in [0.1, 0.15) is 15.9 Å². The van der Waals surface area contributed by atoms with Crippen molar-refractivity contribution in [2.75, 3.05) is 0 Å². The lowest BCUT2D eigenvalue weighted by Crippen LogP contribution is -2.17. The number of ether oxygens (including phenoxy) is 1. The predicted octanol–water partition coefficient (Wildman–Crippen LogP) is 2.89. The molecule has 0 atom stereocenters. The van der Waals surface area contributed by atoms with Gasteiger partial charge in [-0.15, -0.1) is 13.2 Å². The molecular weight excluding hydrogens is 338 g/mol. The fourth-order valence-corrected chi connectivity index (χ4v) is 2.09. The zero-order chi connectivity index (χ0) is 11.9. The van der Waals surface area contributed by atoms with Crippen molar-refractivity contribution in [3.63, 3.8) is 0 Å². The summed E-state index contributed by atoms with van der Waals surface area (Å²) in [5, 5.41) is 0. The second kappa shape index (κ2) is 3.79. The Kier molecular flexibility index (Phi) is 2.72. The standard InChI is InChI=1S/C9H5F3INO2/c10-9(11,12)16-6-1-2-7-5(3-6)4-14(13)8(7)15/h1-3H,4H2. The molecule has 0 aliphatic carbocycles. The van der Waals surface area contributed by atoms with Crippen LogP contribution in [0, 0.1) is 0 Å². The third kappa shape index (κ3) is 2.23. The van der Waals surface area contributed by atoms with Crippen molar-refractivity contribution in [1.29, 1.82) is 0 Å². The van der Waals surface area contributed by atoms with Crippen molar-refractivity contribution in [2.24, 2.45) is 0 Å². The van der Waals surface area contributed by atoms with E-state index >= 15 is 0 Å². The van der Waals surface area contributed by atoms with Crippen LogP contribution < -0.4 is 4.74 Å². The Balaban J connectivity index is 2.29. The van der Waals surface area contributed by atoms with Crippen molar-refractivity contribution in [3.05, 3.63) is 29.3 Å². The molecule has 1 aromatic rings. The first kappa shape index (κ1) is 11.5. The van der Waals surface area contributed by atoms with Gasteiger partial charge in [0, 0.05) is 5.56 Å². The predicted molar refractivity (Wildman–Crippen MR) is 57.0 cm³/mol. The van der Waals surface area contributed by atoms with Crippen molar-refractivity contribution in [3.8, 4) is 5.75 Å². The number of benzene rings is 1. The van der Waals surface area contributed by atoms with Crippen LogP contribution in [0.4, 0.5) is 13.2 Å². The molecule has 0 N–H and O–H groups in total. The smallest absolute Gasteiger partial charge is 0.406 e. The van der Waals surface area contributed by atoms with Gasteiger partial charge in [-0.1, -0.05) is 0 Å². The molecule has 1 aliphatic rings. The number of hydrogen-bond acceptors (Lipinski definition) is 2. The van der Waals surface area contributed by atoms with E-state index in [0.29, 0.717) is 17.7 Å². The lowest BCUT2D eigenvalue weighted by atomic mass is 10.1. The van der Waals surface area contributed by atoms with E-state index in [4.69, 9.17) is 0 Å². The highest BCUT2D eigenvalue weighted by atomic mass is 127. The van der Waals surface area contributed by atoms with Crippen LogP contribution in [-0.2, 0) is 6.54 Å². The highest BCUT2D eigenvalue weighted by Gasteiger charge is 2.32. The van der Waals surface area contributed by atoms with Gasteiger partial charge in [-0.25, -0.2) is 0 Å². The minimum Gasteiger partial charge on any atom is -0.406 e. The molecule has 1 amide bonds. The quantitative estimate of drug-likeness (QED) is 0.580. The van der Waals surface area contributed by atoms with Gasteiger partial charge in [0.1, 0.15) is 5.75 Å². The van der Waals surface area contributed by atoms with Gasteiger partial charge in [0.05, 0.1) is 29.4 Å². The first-order valence-electron chi connectivity index (χ1n) is 4.23. The zero-order valence-electron chi connectivity index (χ0n) is 7.71. The molecule has 0 fully saturated rings. The molecule has 1 heterocycles. The molecule has 86 valence electrons. The fourth-order valence-electron chi connectivity index (χ4n) is 1.46. The number of hydrogen-bond donors (Lipinski definition) is 0. The lowest BCUT2D eigenvalue weighted by Gasteiger charge is -2.09. The fraction of sp³-hybridized carbons (Fsp3) is 0.222. The molecule has 2 rings (SSSR count). The summed E-state index contributed by atoms with van der Waals surface area (Å²) < 4.78 is 41.0. The second-order valence-corrected chi connectivity index (χ2v) is 4.36. The van der Waals surface area contributed by atoms with E-state index in [1.165, 1.54) is 15.2 Å². The van der Waals surface area contributed by atoms with E-state index in [1.54, 1.807) is 0 Å². The van der Waals surface area contributed by atoms with E-state index in [-0.39, 0.29) is 11.7 Å². The molecule has 7 heteroatoms. The summed E-state index contributed by atoms with van der Waals surface area (Å²) in [7, 11) is 0. The Hall–Kier alpha value is -0.990. The van der Waals surface area contributed by atoms with Gasteiger partial charge in [-0.2, -0.15) is 0 Å². The Morgan fingerprint density at radius 2 is 2.06 bits per heavy atom. The Morgan fingerprint density at radius 1 is 1.38 bits per heavy atom.